The van der Waals surface area contributed by atoms with E-state index < -0.39 is 0 Å². The highest BCUT2D eigenvalue weighted by molar-refractivity contribution is 5.54. The molecule has 2 aromatic heterocycles. The fourth-order valence-corrected chi connectivity index (χ4v) is 2.79. The first-order valence-electron chi connectivity index (χ1n) is 8.33. The molecule has 2 aromatic rings. The van der Waals surface area contributed by atoms with E-state index >= 15 is 0 Å². The van der Waals surface area contributed by atoms with E-state index in [2.05, 4.69) is 29.7 Å². The average molecular weight is 346 g/mol. The van der Waals surface area contributed by atoms with Crippen LogP contribution in [0.3, 0.4) is 0 Å². The van der Waals surface area contributed by atoms with Gasteiger partial charge in [0.2, 0.25) is 11.9 Å². The van der Waals surface area contributed by atoms with Gasteiger partial charge in [0.05, 0.1) is 32.6 Å². The summed E-state index contributed by atoms with van der Waals surface area (Å²) in [5.41, 5.74) is 0.521. The van der Waals surface area contributed by atoms with Gasteiger partial charge in [0, 0.05) is 26.2 Å². The molecule has 0 radical (unpaired) electrons. The third-order valence-electron chi connectivity index (χ3n) is 4.16. The Morgan fingerprint density at radius 3 is 1.84 bits per heavy atom. The number of nitrogens with zero attached hydrogens (tertiary/aromatic N) is 6. The molecule has 0 bridgehead atoms. The van der Waals surface area contributed by atoms with Crippen LogP contribution in [0.4, 0.5) is 16.3 Å². The van der Waals surface area contributed by atoms with Crippen molar-refractivity contribution in [3.63, 3.8) is 0 Å². The lowest BCUT2D eigenvalue weighted by Gasteiger charge is -2.30. The maximum absolute atomic E-state index is 13.2. The molecule has 8 nitrogen and oxygen atoms in total. The maximum Gasteiger partial charge on any atom is 0.230 e. The molecule has 4 rings (SSSR count). The quantitative estimate of drug-likeness (QED) is 0.806. The maximum atomic E-state index is 13.2. The van der Waals surface area contributed by atoms with Gasteiger partial charge in [-0.1, -0.05) is 0 Å². The molecule has 0 aromatic carbocycles. The second-order valence-electron chi connectivity index (χ2n) is 5.82. The van der Waals surface area contributed by atoms with Gasteiger partial charge in [-0.3, -0.25) is 0 Å². The molecule has 0 aliphatic carbocycles. The van der Waals surface area contributed by atoms with Gasteiger partial charge in [0.15, 0.2) is 5.82 Å². The summed E-state index contributed by atoms with van der Waals surface area (Å²) >= 11 is 0. The van der Waals surface area contributed by atoms with E-state index in [-0.39, 0.29) is 5.82 Å². The number of hydrogen-bond donors (Lipinski definition) is 0. The van der Waals surface area contributed by atoms with Crippen molar-refractivity contribution >= 4 is 11.9 Å². The predicted octanol–water partition coefficient (Wildman–Crippen LogP) is 0.746. The second kappa shape index (κ2) is 7.24. The first kappa shape index (κ1) is 16.1. The van der Waals surface area contributed by atoms with Gasteiger partial charge in [-0.15, -0.1) is 0 Å². The zero-order valence-electron chi connectivity index (χ0n) is 13.8. The third kappa shape index (κ3) is 3.67. The smallest absolute Gasteiger partial charge is 0.230 e. The van der Waals surface area contributed by atoms with Gasteiger partial charge in [-0.2, -0.15) is 15.0 Å². The summed E-state index contributed by atoms with van der Waals surface area (Å²) in [7, 11) is 0. The minimum atomic E-state index is -0.389. The molecule has 4 heterocycles. The van der Waals surface area contributed by atoms with Gasteiger partial charge < -0.3 is 19.3 Å². The molecule has 0 N–H and O–H groups in total. The molecular weight excluding hydrogens is 327 g/mol. The lowest BCUT2D eigenvalue weighted by atomic mass is 10.3. The molecule has 0 saturated carbocycles. The highest BCUT2D eigenvalue weighted by atomic mass is 19.1. The molecule has 9 heteroatoms. The Bertz CT molecular complexity index is 681. The van der Waals surface area contributed by atoms with Crippen LogP contribution in [-0.4, -0.2) is 72.5 Å². The van der Waals surface area contributed by atoms with Crippen molar-refractivity contribution in [1.82, 2.24) is 19.9 Å². The normalized spacial score (nSPS) is 18.4. The number of pyridine rings is 1. The van der Waals surface area contributed by atoms with Crippen LogP contribution in [0, 0.1) is 5.82 Å². The van der Waals surface area contributed by atoms with E-state index in [1.165, 1.54) is 12.3 Å². The minimum absolute atomic E-state index is 0.389. The van der Waals surface area contributed by atoms with E-state index in [1.807, 2.05) is 0 Å². The zero-order valence-corrected chi connectivity index (χ0v) is 13.8. The summed E-state index contributed by atoms with van der Waals surface area (Å²) in [4.78, 5) is 22.0. The van der Waals surface area contributed by atoms with Crippen LogP contribution in [0.2, 0.25) is 0 Å². The molecule has 0 amide bonds. The van der Waals surface area contributed by atoms with Crippen molar-refractivity contribution in [2.75, 3.05) is 62.4 Å². The Morgan fingerprint density at radius 2 is 1.36 bits per heavy atom. The van der Waals surface area contributed by atoms with Crippen molar-refractivity contribution < 1.29 is 13.9 Å². The number of halogens is 1. The summed E-state index contributed by atoms with van der Waals surface area (Å²) in [6, 6.07) is 2.94. The van der Waals surface area contributed by atoms with Crippen LogP contribution >= 0.6 is 0 Å². The van der Waals surface area contributed by atoms with Crippen LogP contribution in [-0.2, 0) is 9.47 Å². The summed E-state index contributed by atoms with van der Waals surface area (Å²) in [6.07, 6.45) is 1.17. The SMILES string of the molecule is Fc1ccc(-c2nc(N3CCOCC3)nc(N3CCOCC3)n2)nc1. The van der Waals surface area contributed by atoms with Gasteiger partial charge in [-0.05, 0) is 12.1 Å². The molecule has 2 saturated heterocycles. The zero-order chi connectivity index (χ0) is 17.1. The highest BCUT2D eigenvalue weighted by Gasteiger charge is 2.21. The molecule has 0 atom stereocenters. The summed E-state index contributed by atoms with van der Waals surface area (Å²) in [5.74, 6) is 1.25. The monoisotopic (exact) mass is 346 g/mol. The third-order valence-corrected chi connectivity index (χ3v) is 4.16. The van der Waals surface area contributed by atoms with Crippen molar-refractivity contribution in [1.29, 1.82) is 0 Å². The van der Waals surface area contributed by atoms with E-state index in [4.69, 9.17) is 9.47 Å². The average Bonchev–Trinajstić information content (AvgIpc) is 2.69. The second-order valence-corrected chi connectivity index (χ2v) is 5.82. The Hall–Kier alpha value is -2.39. The molecular formula is C16H19FN6O2. The Kier molecular flexibility index (Phi) is 4.66. The number of morpholine rings is 2. The molecule has 0 unspecified atom stereocenters. The van der Waals surface area contributed by atoms with Crippen LogP contribution < -0.4 is 9.80 Å². The van der Waals surface area contributed by atoms with Crippen LogP contribution in [0.1, 0.15) is 0 Å². The Balaban J connectivity index is 1.72. The molecule has 0 spiro atoms. The molecule has 132 valence electrons. The van der Waals surface area contributed by atoms with Crippen molar-refractivity contribution in [3.8, 4) is 11.5 Å². The predicted molar refractivity (Wildman–Crippen MR) is 89.1 cm³/mol. The van der Waals surface area contributed by atoms with Gasteiger partial charge in [0.1, 0.15) is 11.5 Å². The Labute approximate surface area is 144 Å². The molecule has 2 fully saturated rings. The topological polar surface area (TPSA) is 76.5 Å². The van der Waals surface area contributed by atoms with Crippen molar-refractivity contribution in [2.45, 2.75) is 0 Å². The number of hydrogen-bond acceptors (Lipinski definition) is 8. The number of aromatic nitrogens is 4. The summed E-state index contributed by atoms with van der Waals surface area (Å²) < 4.78 is 24.0. The molecule has 2 aliphatic heterocycles. The van der Waals surface area contributed by atoms with Crippen LogP contribution in [0.25, 0.3) is 11.5 Å². The van der Waals surface area contributed by atoms with Gasteiger partial charge in [-0.25, -0.2) is 9.37 Å². The van der Waals surface area contributed by atoms with Crippen LogP contribution in [0.5, 0.6) is 0 Å². The molecule has 25 heavy (non-hydrogen) atoms. The molecule has 2 aliphatic rings. The first-order valence-corrected chi connectivity index (χ1v) is 8.33. The van der Waals surface area contributed by atoms with Crippen molar-refractivity contribution in [2.24, 2.45) is 0 Å². The lowest BCUT2D eigenvalue weighted by Crippen LogP contribution is -2.40. The first-order chi connectivity index (χ1) is 12.3. The largest absolute Gasteiger partial charge is 0.378 e. The summed E-state index contributed by atoms with van der Waals surface area (Å²) in [5, 5.41) is 0. The van der Waals surface area contributed by atoms with E-state index in [0.29, 0.717) is 49.8 Å². The van der Waals surface area contributed by atoms with Gasteiger partial charge >= 0.3 is 0 Å². The van der Waals surface area contributed by atoms with E-state index in [9.17, 15) is 4.39 Å². The van der Waals surface area contributed by atoms with Gasteiger partial charge in [0.25, 0.3) is 0 Å². The number of anilines is 2. The summed E-state index contributed by atoms with van der Waals surface area (Å²) in [6.45, 7) is 5.47. The number of ether oxygens (including phenoxy) is 2. The Morgan fingerprint density at radius 1 is 0.800 bits per heavy atom. The van der Waals surface area contributed by atoms with Crippen molar-refractivity contribution in [3.05, 3.63) is 24.1 Å². The van der Waals surface area contributed by atoms with E-state index in [0.717, 1.165) is 26.2 Å². The fourth-order valence-electron chi connectivity index (χ4n) is 2.79. The highest BCUT2D eigenvalue weighted by Crippen LogP contribution is 2.21. The van der Waals surface area contributed by atoms with Crippen LogP contribution in [0.15, 0.2) is 18.3 Å². The lowest BCUT2D eigenvalue weighted by molar-refractivity contribution is 0.121. The van der Waals surface area contributed by atoms with E-state index in [1.54, 1.807) is 6.07 Å². The minimum Gasteiger partial charge on any atom is -0.378 e. The standard InChI is InChI=1S/C16H19FN6O2/c17-12-1-2-13(18-11-12)14-19-15(22-3-7-24-8-4-22)21-16(20-14)23-5-9-25-10-6-23/h1-2,11H,3-10H2. The number of rotatable bonds is 3. The fraction of sp³-hybridized carbons (Fsp3) is 0.500.